The van der Waals surface area contributed by atoms with Gasteiger partial charge in [0.1, 0.15) is 0 Å². The van der Waals surface area contributed by atoms with Gasteiger partial charge in [-0.25, -0.2) is 4.98 Å². The van der Waals surface area contributed by atoms with Crippen LogP contribution in [0.4, 0.5) is 5.69 Å². The molecule has 0 aliphatic heterocycles. The summed E-state index contributed by atoms with van der Waals surface area (Å²) in [6, 6.07) is 19.5. The van der Waals surface area contributed by atoms with Crippen molar-refractivity contribution >= 4 is 40.2 Å². The van der Waals surface area contributed by atoms with Crippen molar-refractivity contribution in [3.63, 3.8) is 0 Å². The van der Waals surface area contributed by atoms with E-state index in [4.69, 9.17) is 0 Å². The van der Waals surface area contributed by atoms with Crippen molar-refractivity contribution in [3.8, 4) is 0 Å². The molecule has 6 heteroatoms. The summed E-state index contributed by atoms with van der Waals surface area (Å²) >= 11 is 1.37. The molecular weight excluding hydrogens is 394 g/mol. The van der Waals surface area contributed by atoms with Crippen molar-refractivity contribution in [2.75, 3.05) is 10.7 Å². The van der Waals surface area contributed by atoms with Crippen molar-refractivity contribution in [3.05, 3.63) is 66.2 Å². The number of nitrogens with one attached hydrogen (secondary N) is 1. The molecule has 1 fully saturated rings. The number of hydrogen-bond acceptors (Lipinski definition) is 4. The molecule has 1 N–H and O–H groups in total. The van der Waals surface area contributed by atoms with E-state index in [0.717, 1.165) is 29.4 Å². The minimum atomic E-state index is -0.0719. The summed E-state index contributed by atoms with van der Waals surface area (Å²) in [6.07, 6.45) is 2.07. The monoisotopic (exact) mass is 419 g/mol. The zero-order valence-corrected chi connectivity index (χ0v) is 18.0. The van der Waals surface area contributed by atoms with Gasteiger partial charge in [0.05, 0.1) is 21.9 Å². The van der Waals surface area contributed by atoms with Crippen molar-refractivity contribution < 1.29 is 9.59 Å². The van der Waals surface area contributed by atoms with E-state index >= 15 is 0 Å². The third-order valence-corrected chi connectivity index (χ3v) is 5.91. The van der Waals surface area contributed by atoms with Crippen LogP contribution in [0.25, 0.3) is 10.9 Å². The highest BCUT2D eigenvalue weighted by atomic mass is 32.2. The molecular formula is C24H25N3O2S. The molecule has 0 spiro atoms. The van der Waals surface area contributed by atoms with Gasteiger partial charge in [0.25, 0.3) is 5.91 Å². The number of rotatable bonds is 7. The molecule has 0 saturated heterocycles. The number of pyridine rings is 1. The van der Waals surface area contributed by atoms with Crippen LogP contribution < -0.4 is 10.2 Å². The highest BCUT2D eigenvalue weighted by molar-refractivity contribution is 7.99. The number of hydrogen-bond donors (Lipinski definition) is 1. The van der Waals surface area contributed by atoms with E-state index in [1.54, 1.807) is 11.0 Å². The lowest BCUT2D eigenvalue weighted by Crippen LogP contribution is -2.38. The molecule has 1 aliphatic rings. The molecule has 0 radical (unpaired) electrons. The van der Waals surface area contributed by atoms with E-state index in [0.29, 0.717) is 10.6 Å². The number of anilines is 1. The van der Waals surface area contributed by atoms with Crippen LogP contribution in [0.15, 0.2) is 65.7 Å². The highest BCUT2D eigenvalue weighted by Gasteiger charge is 2.25. The van der Waals surface area contributed by atoms with Crippen LogP contribution in [0.2, 0.25) is 0 Å². The summed E-state index contributed by atoms with van der Waals surface area (Å²) in [5, 5.41) is 4.57. The zero-order valence-electron chi connectivity index (χ0n) is 17.2. The maximum Gasteiger partial charge on any atom is 0.252 e. The van der Waals surface area contributed by atoms with Crippen LogP contribution in [0.1, 0.15) is 37.0 Å². The lowest BCUT2D eigenvalue weighted by Gasteiger charge is -2.26. The fraction of sp³-hybridized carbons (Fsp3) is 0.292. The van der Waals surface area contributed by atoms with E-state index < -0.39 is 0 Å². The Labute approximate surface area is 180 Å². The Bertz CT molecular complexity index is 1060. The van der Waals surface area contributed by atoms with E-state index in [1.165, 1.54) is 11.8 Å². The third-order valence-electron chi connectivity index (χ3n) is 5.01. The second-order valence-corrected chi connectivity index (χ2v) is 8.75. The molecule has 2 amide bonds. The molecule has 1 saturated carbocycles. The average Bonchev–Trinajstić information content (AvgIpc) is 3.56. The topological polar surface area (TPSA) is 62.3 Å². The molecule has 4 rings (SSSR count). The lowest BCUT2D eigenvalue weighted by atomic mass is 10.1. The molecule has 0 bridgehead atoms. The number of amides is 2. The number of carbonyl (C=O) groups excluding carboxylic acids is 2. The van der Waals surface area contributed by atoms with Gasteiger partial charge in [-0.3, -0.25) is 9.59 Å². The Morgan fingerprint density at radius 3 is 2.50 bits per heavy atom. The van der Waals surface area contributed by atoms with Crippen LogP contribution in [-0.4, -0.2) is 34.6 Å². The van der Waals surface area contributed by atoms with Gasteiger partial charge in [-0.15, -0.1) is 0 Å². The van der Waals surface area contributed by atoms with Crippen molar-refractivity contribution in [2.24, 2.45) is 0 Å². The summed E-state index contributed by atoms with van der Waals surface area (Å²) < 4.78 is 0. The molecule has 0 unspecified atom stereocenters. The number of carbonyl (C=O) groups is 2. The molecule has 5 nitrogen and oxygen atoms in total. The van der Waals surface area contributed by atoms with Crippen molar-refractivity contribution in [1.82, 2.24) is 10.3 Å². The summed E-state index contributed by atoms with van der Waals surface area (Å²) in [5.41, 5.74) is 2.26. The first kappa shape index (κ1) is 20.4. The van der Waals surface area contributed by atoms with Crippen LogP contribution in [0, 0.1) is 0 Å². The standard InChI is InChI=1S/C24H25N3O2S/c1-16(2)27(18-8-4-3-5-9-18)23(28)15-30-22-14-20(24(29)25-17-12-13-17)19-10-6-7-11-21(19)26-22/h3-11,14,16-17H,12-13,15H2,1-2H3,(H,25,29). The van der Waals surface area contributed by atoms with Crippen molar-refractivity contribution in [2.45, 2.75) is 43.8 Å². The maximum atomic E-state index is 13.0. The molecule has 1 aromatic heterocycles. The Balaban J connectivity index is 1.56. The summed E-state index contributed by atoms with van der Waals surface area (Å²) in [6.45, 7) is 4.01. The minimum Gasteiger partial charge on any atom is -0.349 e. The maximum absolute atomic E-state index is 13.0. The van der Waals surface area contributed by atoms with Gasteiger partial charge in [-0.1, -0.05) is 48.2 Å². The molecule has 3 aromatic rings. The summed E-state index contributed by atoms with van der Waals surface area (Å²) in [7, 11) is 0. The number of fused-ring (bicyclic) bond motifs is 1. The number of para-hydroxylation sites is 2. The van der Waals surface area contributed by atoms with Gasteiger partial charge in [0.15, 0.2) is 0 Å². The SMILES string of the molecule is CC(C)N(C(=O)CSc1cc(C(=O)NC2CC2)c2ccccc2n1)c1ccccc1. The van der Waals surface area contributed by atoms with E-state index in [-0.39, 0.29) is 29.7 Å². The predicted molar refractivity (Wildman–Crippen MR) is 122 cm³/mol. The second-order valence-electron chi connectivity index (χ2n) is 7.75. The first-order valence-corrected chi connectivity index (χ1v) is 11.2. The largest absolute Gasteiger partial charge is 0.349 e. The number of nitrogens with zero attached hydrogens (tertiary/aromatic N) is 2. The third kappa shape index (κ3) is 4.65. The number of benzene rings is 2. The molecule has 30 heavy (non-hydrogen) atoms. The van der Waals surface area contributed by atoms with Gasteiger partial charge in [-0.2, -0.15) is 0 Å². The average molecular weight is 420 g/mol. The number of thioether (sulfide) groups is 1. The Kier molecular flexibility index (Phi) is 6.04. The van der Waals surface area contributed by atoms with Crippen LogP contribution in [-0.2, 0) is 4.79 Å². The molecule has 1 heterocycles. The van der Waals surface area contributed by atoms with Crippen LogP contribution in [0.5, 0.6) is 0 Å². The molecule has 2 aromatic carbocycles. The van der Waals surface area contributed by atoms with E-state index in [9.17, 15) is 9.59 Å². The smallest absolute Gasteiger partial charge is 0.252 e. The molecule has 0 atom stereocenters. The van der Waals surface area contributed by atoms with Crippen LogP contribution in [0.3, 0.4) is 0 Å². The first-order valence-electron chi connectivity index (χ1n) is 10.2. The Morgan fingerprint density at radius 1 is 1.10 bits per heavy atom. The highest BCUT2D eigenvalue weighted by Crippen LogP contribution is 2.27. The van der Waals surface area contributed by atoms with Gasteiger partial charge in [0.2, 0.25) is 5.91 Å². The quantitative estimate of drug-likeness (QED) is 0.566. The fourth-order valence-electron chi connectivity index (χ4n) is 3.43. The van der Waals surface area contributed by atoms with E-state index in [2.05, 4.69) is 10.3 Å². The fourth-order valence-corrected chi connectivity index (χ4v) is 4.20. The zero-order chi connectivity index (χ0) is 21.1. The molecule has 1 aliphatic carbocycles. The summed E-state index contributed by atoms with van der Waals surface area (Å²) in [4.78, 5) is 32.2. The van der Waals surface area contributed by atoms with Crippen LogP contribution >= 0.6 is 11.8 Å². The minimum absolute atomic E-state index is 0.0140. The number of aromatic nitrogens is 1. The van der Waals surface area contributed by atoms with Gasteiger partial charge >= 0.3 is 0 Å². The van der Waals surface area contributed by atoms with Crippen molar-refractivity contribution in [1.29, 1.82) is 0 Å². The predicted octanol–water partition coefficient (Wildman–Crippen LogP) is 4.66. The van der Waals surface area contributed by atoms with Gasteiger partial charge < -0.3 is 10.2 Å². The second kappa shape index (κ2) is 8.88. The Morgan fingerprint density at radius 2 is 1.80 bits per heavy atom. The summed E-state index contributed by atoms with van der Waals surface area (Å²) in [5.74, 6) is 0.194. The first-order chi connectivity index (χ1) is 14.5. The molecule has 154 valence electrons. The van der Waals surface area contributed by atoms with Gasteiger partial charge in [-0.05, 0) is 51.0 Å². The van der Waals surface area contributed by atoms with Gasteiger partial charge in [0, 0.05) is 23.2 Å². The van der Waals surface area contributed by atoms with E-state index in [1.807, 2.05) is 68.4 Å². The normalized spacial score (nSPS) is 13.4. The Hall–Kier alpha value is -2.86. The lowest BCUT2D eigenvalue weighted by molar-refractivity contribution is -0.116.